The van der Waals surface area contributed by atoms with Gasteiger partial charge in [-0.3, -0.25) is 38.4 Å². The van der Waals surface area contributed by atoms with Gasteiger partial charge in [0.15, 0.2) is 5.60 Å². The third-order valence-corrected chi connectivity index (χ3v) is 23.2. The second kappa shape index (κ2) is 49.6. The summed E-state index contributed by atoms with van der Waals surface area (Å²) in [6, 6.07) is 19.3. The molecule has 40 heteroatoms. The zero-order valence-corrected chi connectivity index (χ0v) is 77.6. The summed E-state index contributed by atoms with van der Waals surface area (Å²) in [5.74, 6) is -6.55. The number of alkyl carbamates (subject to hydrolysis) is 2. The summed E-state index contributed by atoms with van der Waals surface area (Å²) in [6.07, 6.45) is -2.02. The number of carbonyl (C=O) groups excluding carboxylic acids is 11. The van der Waals surface area contributed by atoms with Gasteiger partial charge in [-0.2, -0.15) is 0 Å². The van der Waals surface area contributed by atoms with Crippen LogP contribution in [0.4, 0.5) is 29.3 Å². The molecule has 6 aromatic rings. The SMILES string of the molecule is CC[C@@]1(O)C(=O)OCc2c1cc1n(c2=O)Cc2c-1nc1cc(F)c(C)c3c1c2[C@@H](NC(=O)OCc1ccc(NC(=O)[C@H](CCCNC(N)=O)NC(=O)[C@@H](NC(=O)CCOCCOCCOCCN(C)C(=O)CN(CC(=O)N(C)CCOCCOCCOCCC(=O)O)C(=O)CCOCCNC(=O)OC(C)(C)C)C(C)C)cc1CN(C)C(=O)OCC1c2ccccc2-c2ccccc21)CC3. The third kappa shape index (κ3) is 28.6. The molecule has 4 aliphatic rings. The number of nitrogens with two attached hydrogens (primary N) is 1. The highest BCUT2D eigenvalue weighted by Gasteiger charge is 2.47. The van der Waals surface area contributed by atoms with Gasteiger partial charge in [0, 0.05) is 94.5 Å². The molecule has 0 saturated carbocycles. The van der Waals surface area contributed by atoms with Crippen molar-refractivity contribution in [1.82, 2.24) is 55.7 Å². The van der Waals surface area contributed by atoms with Gasteiger partial charge in [-0.25, -0.2) is 33.3 Å². The van der Waals surface area contributed by atoms with Crippen LogP contribution in [0.15, 0.2) is 83.7 Å². The third-order valence-electron chi connectivity index (χ3n) is 23.2. The zero-order valence-electron chi connectivity index (χ0n) is 77.6. The molecule has 2 aliphatic heterocycles. The smallest absolute Gasteiger partial charge is 0.409 e. The molecule has 0 bridgehead atoms. The molecule has 2 aromatic heterocycles. The van der Waals surface area contributed by atoms with Crippen LogP contribution in [0.5, 0.6) is 0 Å². The van der Waals surface area contributed by atoms with Crippen molar-refractivity contribution in [3.63, 3.8) is 0 Å². The number of aromatic nitrogens is 2. The Hall–Kier alpha value is -12.3. The maximum Gasteiger partial charge on any atom is 0.409 e. The number of nitrogens with one attached hydrogen (secondary N) is 6. The fourth-order valence-electron chi connectivity index (χ4n) is 15.9. The second-order valence-electron chi connectivity index (χ2n) is 34.3. The molecule has 4 atom stereocenters. The lowest BCUT2D eigenvalue weighted by molar-refractivity contribution is -0.172. The van der Waals surface area contributed by atoms with E-state index in [-0.39, 0.29) is 230 Å². The predicted molar refractivity (Wildman–Crippen MR) is 484 cm³/mol. The highest BCUT2D eigenvalue weighted by atomic mass is 19.1. The first-order chi connectivity index (χ1) is 64.0. The van der Waals surface area contributed by atoms with E-state index in [0.717, 1.165) is 27.2 Å². The number of anilines is 1. The summed E-state index contributed by atoms with van der Waals surface area (Å²) >= 11 is 0. The fraction of sp³-hybridized carbons (Fsp3) is 0.532. The minimum atomic E-state index is -2.11. The highest BCUT2D eigenvalue weighted by molar-refractivity contribution is 5.99. The van der Waals surface area contributed by atoms with Crippen LogP contribution >= 0.6 is 0 Å². The van der Waals surface area contributed by atoms with Crippen LogP contribution in [0, 0.1) is 18.7 Å². The van der Waals surface area contributed by atoms with E-state index in [1.54, 1.807) is 72.7 Å². The number of halogens is 1. The number of primary amides is 1. The Morgan fingerprint density at radius 1 is 0.672 bits per heavy atom. The standard InChI is InChI=1S/C94H124FN13O26/c1-11-94(123)70-48-75-84-67(51-108(75)87(117)69(70)56-131-88(94)118)82-72(25-24-62-58(4)71(95)49-74(100-84)81(62)82)102-91(121)132-54-59-22-23-61(47-60(59)50-106(10)92(122)133-55-68-65-19-14-12-17-63(65)64-18-13-15-20-66(64)68)99-85(115)73(21-16-29-97-89(96)119)101-86(116)83(57(2)3)103-76(109)26-33-125-39-43-129-45-41-127-37-31-104(8)78(111)52-107(77(110)27-34-124-36-30-98-90(120)134-93(5,6)7)53-79(112)105(9)32-38-128-42-46-130-44-40-126-35-28-80(113)114/h12-15,17-20,22-23,47-49,57,68,72-73,83,123H,11,16,21,24-46,50-56H2,1-10H3,(H,98,120)(H,99,115)(H,101,116)(H,102,121)(H,103,109)(H,113,114)(H3,96,97,119)/t72-,73-,83-,94-/m0/s1. The van der Waals surface area contributed by atoms with Crippen LogP contribution < -0.4 is 43.2 Å². The van der Waals surface area contributed by atoms with E-state index in [1.807, 2.05) is 48.5 Å². The van der Waals surface area contributed by atoms with Gasteiger partial charge in [0.1, 0.15) is 56.4 Å². The Morgan fingerprint density at radius 3 is 1.87 bits per heavy atom. The van der Waals surface area contributed by atoms with Crippen LogP contribution in [-0.2, 0) is 129 Å². The zero-order chi connectivity index (χ0) is 96.9. The number of amides is 11. The van der Waals surface area contributed by atoms with Crippen molar-refractivity contribution < 1.29 is 124 Å². The van der Waals surface area contributed by atoms with E-state index < -0.39 is 131 Å². The molecule has 0 saturated heterocycles. The van der Waals surface area contributed by atoms with E-state index in [4.69, 9.17) is 67.9 Å². The Kier molecular flexibility index (Phi) is 38.4. The summed E-state index contributed by atoms with van der Waals surface area (Å²) in [7, 11) is 4.59. The number of hydrogen-bond acceptors (Lipinski definition) is 26. The van der Waals surface area contributed by atoms with E-state index in [1.165, 1.54) is 46.5 Å². The highest BCUT2D eigenvalue weighted by Crippen LogP contribution is 2.48. The topological polar surface area (TPSA) is 493 Å². The molecule has 10 N–H and O–H groups in total. The number of aliphatic hydroxyl groups is 1. The average Bonchev–Trinajstić information content (AvgIpc) is 1.52. The van der Waals surface area contributed by atoms with Crippen molar-refractivity contribution in [3.05, 3.63) is 151 Å². The number of pyridine rings is 2. The number of benzene rings is 4. The van der Waals surface area contributed by atoms with Crippen LogP contribution in [0.1, 0.15) is 154 Å². The molecule has 11 amide bonds. The molecule has 0 radical (unpaired) electrons. The molecule has 2 aliphatic carbocycles. The van der Waals surface area contributed by atoms with E-state index >= 15 is 4.39 Å². The Bertz CT molecular complexity index is 5210. The first-order valence-corrected chi connectivity index (χ1v) is 44.9. The molecule has 0 unspecified atom stereocenters. The predicted octanol–water partition coefficient (Wildman–Crippen LogP) is 6.48. The van der Waals surface area contributed by atoms with Gasteiger partial charge in [0.25, 0.3) is 5.56 Å². The number of rotatable bonds is 52. The van der Waals surface area contributed by atoms with E-state index in [0.29, 0.717) is 50.9 Å². The van der Waals surface area contributed by atoms with Gasteiger partial charge in [-0.05, 0) is 134 Å². The largest absolute Gasteiger partial charge is 0.481 e. The van der Waals surface area contributed by atoms with E-state index in [2.05, 4.69) is 31.9 Å². The van der Waals surface area contributed by atoms with Crippen molar-refractivity contribution in [3.8, 4) is 22.5 Å². The molecule has 0 spiro atoms. The lowest BCUT2D eigenvalue weighted by atomic mass is 9.81. The number of likely N-dealkylation sites (N-methyl/N-ethyl adjacent to an activating group) is 2. The van der Waals surface area contributed by atoms with Crippen LogP contribution in [0.25, 0.3) is 33.4 Å². The number of ether oxygens (including phenoxy) is 11. The summed E-state index contributed by atoms with van der Waals surface area (Å²) in [5, 5.41) is 37.5. The molecular weight excluding hydrogens is 1750 g/mol. The molecule has 39 nitrogen and oxygen atoms in total. The number of fused-ring (bicyclic) bond motifs is 8. The first-order valence-electron chi connectivity index (χ1n) is 44.9. The van der Waals surface area contributed by atoms with Gasteiger partial charge in [0.2, 0.25) is 35.4 Å². The average molecular weight is 1870 g/mol. The lowest BCUT2D eigenvalue weighted by Gasteiger charge is -2.31. The van der Waals surface area contributed by atoms with Crippen molar-refractivity contribution in [2.24, 2.45) is 11.7 Å². The van der Waals surface area contributed by atoms with Crippen molar-refractivity contribution in [1.29, 1.82) is 0 Å². The number of hydrogen-bond donors (Lipinski definition) is 9. The summed E-state index contributed by atoms with van der Waals surface area (Å²) in [4.78, 5) is 184. The summed E-state index contributed by atoms with van der Waals surface area (Å²) in [6.45, 7) is 12.1. The number of carboxylic acids is 1. The summed E-state index contributed by atoms with van der Waals surface area (Å²) < 4.78 is 78.8. The minimum absolute atomic E-state index is 0.00340. The maximum atomic E-state index is 15.9. The van der Waals surface area contributed by atoms with Gasteiger partial charge in [-0.1, -0.05) is 75.4 Å². The van der Waals surface area contributed by atoms with Crippen LogP contribution in [0.2, 0.25) is 0 Å². The number of carboxylic acid groups (broad SMARTS) is 1. The van der Waals surface area contributed by atoms with Gasteiger partial charge in [-0.15, -0.1) is 0 Å². The fourth-order valence-corrected chi connectivity index (χ4v) is 15.9. The molecule has 134 heavy (non-hydrogen) atoms. The van der Waals surface area contributed by atoms with Gasteiger partial charge < -0.3 is 124 Å². The molecule has 4 heterocycles. The lowest BCUT2D eigenvalue weighted by Crippen LogP contribution is -2.54. The molecule has 4 aromatic carbocycles. The Balaban J connectivity index is 0.714. The normalized spacial score (nSPS) is 14.9. The first kappa shape index (κ1) is 104. The van der Waals surface area contributed by atoms with Gasteiger partial charge >= 0.3 is 36.2 Å². The monoisotopic (exact) mass is 1870 g/mol. The number of aryl methyl sites for hydroxylation is 1. The Morgan fingerprint density at radius 2 is 1.27 bits per heavy atom. The number of nitrogens with zero attached hydrogens (tertiary/aromatic N) is 6. The van der Waals surface area contributed by atoms with E-state index in [9.17, 15) is 67.4 Å². The summed E-state index contributed by atoms with van der Waals surface area (Å²) in [5.41, 5.74) is 10.4. The Labute approximate surface area is 775 Å². The van der Waals surface area contributed by atoms with Crippen LogP contribution in [0.3, 0.4) is 0 Å². The van der Waals surface area contributed by atoms with Crippen molar-refractivity contribution in [2.45, 2.75) is 161 Å². The maximum absolute atomic E-state index is 15.9. The number of esters is 1. The molecular formula is C94H124FN13O26. The molecule has 728 valence electrons. The quantitative estimate of drug-likeness (QED) is 0.0112. The minimum Gasteiger partial charge on any atom is -0.481 e. The number of carbonyl (C=O) groups is 12. The molecule has 0 fully saturated rings. The van der Waals surface area contributed by atoms with Crippen molar-refractivity contribution >= 4 is 88.3 Å². The van der Waals surface area contributed by atoms with Crippen LogP contribution in [-0.4, -0.2) is 288 Å². The number of urea groups is 1. The number of aliphatic carboxylic acids is 1. The van der Waals surface area contributed by atoms with Crippen molar-refractivity contribution in [2.75, 3.05) is 165 Å². The second-order valence-corrected chi connectivity index (χ2v) is 34.3. The number of cyclic esters (lactones) is 1. The molecule has 10 rings (SSSR count). The van der Waals surface area contributed by atoms with Gasteiger partial charge in [0.05, 0.1) is 140 Å².